The van der Waals surface area contributed by atoms with Gasteiger partial charge in [0.25, 0.3) is 0 Å². The first-order valence-corrected chi connectivity index (χ1v) is 4.99. The predicted octanol–water partition coefficient (Wildman–Crippen LogP) is 2.56. The van der Waals surface area contributed by atoms with Gasteiger partial charge in [-0.25, -0.2) is 4.98 Å². The van der Waals surface area contributed by atoms with Crippen molar-refractivity contribution in [1.29, 1.82) is 0 Å². The maximum absolute atomic E-state index is 5.54. The van der Waals surface area contributed by atoms with Gasteiger partial charge in [0, 0.05) is 16.6 Å². The van der Waals surface area contributed by atoms with Gasteiger partial charge in [0.15, 0.2) is 12.2 Å². The lowest BCUT2D eigenvalue weighted by atomic mass is 10.1. The van der Waals surface area contributed by atoms with Crippen molar-refractivity contribution >= 4 is 15.9 Å². The lowest BCUT2D eigenvalue weighted by Gasteiger charge is -1.99. The standard InChI is InChI=1S/C10H9BrN2O/c11-8-3-1-2-7(4-8)10-9(5-12)13-6-14-10/h1-4,6H,5,12H2. The number of benzene rings is 1. The van der Waals surface area contributed by atoms with Crippen molar-refractivity contribution in [2.75, 3.05) is 0 Å². The topological polar surface area (TPSA) is 52.0 Å². The SMILES string of the molecule is NCc1ncoc1-c1cccc(Br)c1. The highest BCUT2D eigenvalue weighted by molar-refractivity contribution is 9.10. The highest BCUT2D eigenvalue weighted by Crippen LogP contribution is 2.25. The Balaban J connectivity index is 2.49. The van der Waals surface area contributed by atoms with Gasteiger partial charge in [-0.15, -0.1) is 0 Å². The average molecular weight is 253 g/mol. The molecule has 0 atom stereocenters. The summed E-state index contributed by atoms with van der Waals surface area (Å²) in [5.74, 6) is 0.744. The van der Waals surface area contributed by atoms with Crippen LogP contribution in [0.4, 0.5) is 0 Å². The smallest absolute Gasteiger partial charge is 0.181 e. The molecule has 0 radical (unpaired) electrons. The molecule has 14 heavy (non-hydrogen) atoms. The first kappa shape index (κ1) is 9.43. The van der Waals surface area contributed by atoms with E-state index in [1.54, 1.807) is 0 Å². The molecule has 0 aliphatic carbocycles. The van der Waals surface area contributed by atoms with Crippen LogP contribution in [0.25, 0.3) is 11.3 Å². The summed E-state index contributed by atoms with van der Waals surface area (Å²) in [6, 6.07) is 7.84. The summed E-state index contributed by atoms with van der Waals surface area (Å²) in [7, 11) is 0. The Hall–Kier alpha value is -1.13. The largest absolute Gasteiger partial charge is 0.443 e. The van der Waals surface area contributed by atoms with E-state index in [2.05, 4.69) is 20.9 Å². The van der Waals surface area contributed by atoms with Gasteiger partial charge in [-0.3, -0.25) is 0 Å². The second kappa shape index (κ2) is 3.94. The van der Waals surface area contributed by atoms with Gasteiger partial charge >= 0.3 is 0 Å². The van der Waals surface area contributed by atoms with E-state index in [0.717, 1.165) is 21.5 Å². The van der Waals surface area contributed by atoms with Crippen LogP contribution in [0.1, 0.15) is 5.69 Å². The molecular formula is C10H9BrN2O. The minimum atomic E-state index is 0.387. The van der Waals surface area contributed by atoms with E-state index in [0.29, 0.717) is 6.54 Å². The molecule has 0 saturated heterocycles. The Morgan fingerprint density at radius 3 is 3.00 bits per heavy atom. The molecule has 0 unspecified atom stereocenters. The van der Waals surface area contributed by atoms with E-state index in [-0.39, 0.29) is 0 Å². The third-order valence-corrected chi connectivity index (χ3v) is 2.41. The minimum Gasteiger partial charge on any atom is -0.443 e. The molecule has 2 rings (SSSR count). The summed E-state index contributed by atoms with van der Waals surface area (Å²) in [5.41, 5.74) is 7.30. The van der Waals surface area contributed by atoms with Crippen molar-refractivity contribution in [3.05, 3.63) is 40.8 Å². The molecule has 72 valence electrons. The Labute approximate surface area is 90.1 Å². The second-order valence-electron chi connectivity index (χ2n) is 2.84. The van der Waals surface area contributed by atoms with Crippen LogP contribution in [-0.4, -0.2) is 4.98 Å². The molecule has 4 heteroatoms. The zero-order chi connectivity index (χ0) is 9.97. The maximum atomic E-state index is 5.54. The van der Waals surface area contributed by atoms with Crippen LogP contribution in [0.2, 0.25) is 0 Å². The average Bonchev–Trinajstić information content (AvgIpc) is 2.65. The summed E-state index contributed by atoms with van der Waals surface area (Å²) < 4.78 is 6.29. The van der Waals surface area contributed by atoms with Crippen molar-refractivity contribution in [3.8, 4) is 11.3 Å². The number of hydrogen-bond acceptors (Lipinski definition) is 3. The van der Waals surface area contributed by atoms with Crippen molar-refractivity contribution in [2.45, 2.75) is 6.54 Å². The molecule has 0 saturated carbocycles. The third-order valence-electron chi connectivity index (χ3n) is 1.92. The second-order valence-corrected chi connectivity index (χ2v) is 3.76. The summed E-state index contributed by atoms with van der Waals surface area (Å²) in [6.07, 6.45) is 1.42. The Morgan fingerprint density at radius 2 is 2.29 bits per heavy atom. The molecule has 0 fully saturated rings. The molecule has 0 spiro atoms. The maximum Gasteiger partial charge on any atom is 0.181 e. The zero-order valence-corrected chi connectivity index (χ0v) is 8.99. The molecule has 0 amide bonds. The quantitative estimate of drug-likeness (QED) is 0.894. The first-order valence-electron chi connectivity index (χ1n) is 4.19. The van der Waals surface area contributed by atoms with Gasteiger partial charge in [-0.05, 0) is 12.1 Å². The van der Waals surface area contributed by atoms with Crippen LogP contribution in [0.3, 0.4) is 0 Å². The van der Waals surface area contributed by atoms with Crippen LogP contribution in [0.5, 0.6) is 0 Å². The third kappa shape index (κ3) is 1.71. The van der Waals surface area contributed by atoms with Gasteiger partial charge in [-0.2, -0.15) is 0 Å². The molecule has 0 bridgehead atoms. The Bertz CT molecular complexity index is 439. The van der Waals surface area contributed by atoms with Crippen molar-refractivity contribution < 1.29 is 4.42 Å². The fourth-order valence-electron chi connectivity index (χ4n) is 1.28. The molecule has 3 nitrogen and oxygen atoms in total. The summed E-state index contributed by atoms with van der Waals surface area (Å²) in [6.45, 7) is 0.387. The van der Waals surface area contributed by atoms with E-state index in [1.165, 1.54) is 6.39 Å². The normalized spacial score (nSPS) is 10.4. The minimum absolute atomic E-state index is 0.387. The number of nitrogens with zero attached hydrogens (tertiary/aromatic N) is 1. The van der Waals surface area contributed by atoms with E-state index in [4.69, 9.17) is 10.2 Å². The first-order chi connectivity index (χ1) is 6.81. The summed E-state index contributed by atoms with van der Waals surface area (Å²) in [4.78, 5) is 4.03. The van der Waals surface area contributed by atoms with Crippen LogP contribution >= 0.6 is 15.9 Å². The number of rotatable bonds is 2. The lowest BCUT2D eigenvalue weighted by Crippen LogP contribution is -1.97. The Kier molecular flexibility index (Phi) is 2.65. The number of nitrogens with two attached hydrogens (primary N) is 1. The monoisotopic (exact) mass is 252 g/mol. The predicted molar refractivity (Wildman–Crippen MR) is 57.5 cm³/mol. The van der Waals surface area contributed by atoms with Gasteiger partial charge < -0.3 is 10.2 Å². The van der Waals surface area contributed by atoms with Gasteiger partial charge in [0.1, 0.15) is 5.69 Å². The van der Waals surface area contributed by atoms with E-state index in [1.807, 2.05) is 24.3 Å². The number of oxazole rings is 1. The number of hydrogen-bond donors (Lipinski definition) is 1. The van der Waals surface area contributed by atoms with E-state index >= 15 is 0 Å². The van der Waals surface area contributed by atoms with Gasteiger partial charge in [0.2, 0.25) is 0 Å². The molecule has 1 aromatic heterocycles. The fraction of sp³-hybridized carbons (Fsp3) is 0.100. The lowest BCUT2D eigenvalue weighted by molar-refractivity contribution is 0.571. The van der Waals surface area contributed by atoms with Gasteiger partial charge in [-0.1, -0.05) is 28.1 Å². The van der Waals surface area contributed by atoms with Crippen molar-refractivity contribution in [3.63, 3.8) is 0 Å². The summed E-state index contributed by atoms with van der Waals surface area (Å²) in [5, 5.41) is 0. The summed E-state index contributed by atoms with van der Waals surface area (Å²) >= 11 is 3.40. The van der Waals surface area contributed by atoms with E-state index < -0.39 is 0 Å². The highest BCUT2D eigenvalue weighted by Gasteiger charge is 2.08. The highest BCUT2D eigenvalue weighted by atomic mass is 79.9. The molecule has 1 heterocycles. The molecule has 2 N–H and O–H groups in total. The van der Waals surface area contributed by atoms with E-state index in [9.17, 15) is 0 Å². The fourth-order valence-corrected chi connectivity index (χ4v) is 1.68. The molecule has 0 aliphatic heterocycles. The van der Waals surface area contributed by atoms with Gasteiger partial charge in [0.05, 0.1) is 0 Å². The zero-order valence-electron chi connectivity index (χ0n) is 7.40. The van der Waals surface area contributed by atoms with Crippen LogP contribution in [0, 0.1) is 0 Å². The molecular weight excluding hydrogens is 244 g/mol. The van der Waals surface area contributed by atoms with Crippen LogP contribution < -0.4 is 5.73 Å². The molecule has 2 aromatic rings. The number of halogens is 1. The Morgan fingerprint density at radius 1 is 1.43 bits per heavy atom. The molecule has 0 aliphatic rings. The van der Waals surface area contributed by atoms with Crippen molar-refractivity contribution in [2.24, 2.45) is 5.73 Å². The molecule has 1 aromatic carbocycles. The number of aromatic nitrogens is 1. The van der Waals surface area contributed by atoms with Crippen LogP contribution in [0.15, 0.2) is 39.5 Å². The van der Waals surface area contributed by atoms with Crippen LogP contribution in [-0.2, 0) is 6.54 Å². The van der Waals surface area contributed by atoms with Crippen molar-refractivity contribution in [1.82, 2.24) is 4.98 Å².